The van der Waals surface area contributed by atoms with E-state index in [-0.39, 0.29) is 35.2 Å². The normalized spacial score (nSPS) is 19.3. The highest BCUT2D eigenvalue weighted by molar-refractivity contribution is 7.14. The number of carbonyl (C=O) groups is 3. The summed E-state index contributed by atoms with van der Waals surface area (Å²) in [5, 5.41) is 5.90. The maximum absolute atomic E-state index is 12.7. The average Bonchev–Trinajstić information content (AvgIpc) is 3.25. The molecule has 0 aromatic carbocycles. The van der Waals surface area contributed by atoms with Gasteiger partial charge in [-0.15, -0.1) is 11.3 Å². The average molecular weight is 502 g/mol. The van der Waals surface area contributed by atoms with Crippen LogP contribution in [0, 0.1) is 11.3 Å². The number of fused-ring (bicyclic) bond motifs is 1. The monoisotopic (exact) mass is 501 g/mol. The van der Waals surface area contributed by atoms with Crippen LogP contribution in [0.5, 0.6) is 0 Å². The maximum atomic E-state index is 12.7. The molecule has 35 heavy (non-hydrogen) atoms. The number of H-pyrrole nitrogens is 1. The predicted octanol–water partition coefficient (Wildman–Crippen LogP) is 2.42. The molecule has 2 unspecified atom stereocenters. The van der Waals surface area contributed by atoms with Crippen molar-refractivity contribution in [3.8, 4) is 0 Å². The lowest BCUT2D eigenvalue weighted by atomic mass is 9.92. The number of aromatic nitrogens is 2. The van der Waals surface area contributed by atoms with Crippen molar-refractivity contribution in [1.29, 1.82) is 0 Å². The Labute approximate surface area is 207 Å². The summed E-state index contributed by atoms with van der Waals surface area (Å²) in [7, 11) is 1.33. The first-order valence-electron chi connectivity index (χ1n) is 11.7. The van der Waals surface area contributed by atoms with Crippen LogP contribution in [0.15, 0.2) is 16.9 Å². The topological polar surface area (TPSA) is 133 Å². The van der Waals surface area contributed by atoms with Crippen LogP contribution in [0.1, 0.15) is 53.7 Å². The fraction of sp³-hybridized carbons (Fsp3) is 0.542. The van der Waals surface area contributed by atoms with Crippen molar-refractivity contribution in [2.75, 3.05) is 30.8 Å². The van der Waals surface area contributed by atoms with E-state index in [1.165, 1.54) is 18.4 Å². The molecule has 1 fully saturated rings. The minimum absolute atomic E-state index is 0.136. The maximum Gasteiger partial charge on any atom is 0.328 e. The van der Waals surface area contributed by atoms with E-state index in [4.69, 9.17) is 4.74 Å². The Kier molecular flexibility index (Phi) is 6.98. The van der Waals surface area contributed by atoms with Crippen LogP contribution >= 0.6 is 11.3 Å². The summed E-state index contributed by atoms with van der Waals surface area (Å²) in [5.41, 5.74) is -0.267. The Balaban J connectivity index is 1.34. The molecule has 2 amide bonds. The van der Waals surface area contributed by atoms with E-state index < -0.39 is 11.5 Å². The summed E-state index contributed by atoms with van der Waals surface area (Å²) in [6, 6.07) is 3.28. The van der Waals surface area contributed by atoms with Crippen molar-refractivity contribution in [2.45, 2.75) is 52.5 Å². The quantitative estimate of drug-likeness (QED) is 0.518. The predicted molar refractivity (Wildman–Crippen MR) is 133 cm³/mol. The number of esters is 1. The molecule has 0 bridgehead atoms. The summed E-state index contributed by atoms with van der Waals surface area (Å²) < 4.78 is 4.77. The zero-order chi connectivity index (χ0) is 25.3. The Hall–Kier alpha value is -3.21. The highest BCUT2D eigenvalue weighted by atomic mass is 32.1. The summed E-state index contributed by atoms with van der Waals surface area (Å²) in [6.45, 7) is 6.60. The lowest BCUT2D eigenvalue weighted by Gasteiger charge is -2.38. The summed E-state index contributed by atoms with van der Waals surface area (Å²) in [4.78, 5) is 59.7. The van der Waals surface area contributed by atoms with Crippen LogP contribution < -0.4 is 16.2 Å². The smallest absolute Gasteiger partial charge is 0.328 e. The molecule has 10 nitrogen and oxygen atoms in total. The van der Waals surface area contributed by atoms with Gasteiger partial charge in [-0.25, -0.2) is 4.79 Å². The molecular weight excluding hydrogens is 470 g/mol. The van der Waals surface area contributed by atoms with Gasteiger partial charge in [0.2, 0.25) is 11.9 Å². The standard InChI is InChI=1S/C24H31N5O5S/c1-24(2,3)22(33)28-23-26-18-15(19(30)27-23)11-13(12-25-18)5-6-14-7-8-17(35-14)20(31)29-10-9-16(29)21(32)34-4/h7-8,13,16H,5-6,9-12H2,1-4H3,(H3,25,26,27,28,30,33). The number of ether oxygens (including phenoxy) is 1. The molecule has 0 spiro atoms. The van der Waals surface area contributed by atoms with Gasteiger partial charge in [-0.2, -0.15) is 4.98 Å². The lowest BCUT2D eigenvalue weighted by molar-refractivity contribution is -0.149. The molecule has 1 saturated heterocycles. The number of thiophene rings is 1. The first-order chi connectivity index (χ1) is 16.6. The van der Waals surface area contributed by atoms with Crippen molar-refractivity contribution in [3.05, 3.63) is 37.8 Å². The molecule has 0 saturated carbocycles. The van der Waals surface area contributed by atoms with E-state index in [0.717, 1.165) is 17.7 Å². The van der Waals surface area contributed by atoms with Crippen molar-refractivity contribution in [2.24, 2.45) is 11.3 Å². The zero-order valence-electron chi connectivity index (χ0n) is 20.4. The van der Waals surface area contributed by atoms with Crippen molar-refractivity contribution in [3.63, 3.8) is 0 Å². The van der Waals surface area contributed by atoms with Gasteiger partial charge in [0.25, 0.3) is 11.5 Å². The number of aromatic amines is 1. The molecule has 2 aliphatic heterocycles. The van der Waals surface area contributed by atoms with E-state index in [1.807, 2.05) is 12.1 Å². The van der Waals surface area contributed by atoms with Gasteiger partial charge in [0.1, 0.15) is 11.9 Å². The van der Waals surface area contributed by atoms with Gasteiger partial charge < -0.3 is 15.0 Å². The van der Waals surface area contributed by atoms with E-state index >= 15 is 0 Å². The molecule has 2 atom stereocenters. The Morgan fingerprint density at radius 2 is 2.06 bits per heavy atom. The number of carbonyl (C=O) groups excluding carboxylic acids is 3. The van der Waals surface area contributed by atoms with Gasteiger partial charge in [-0.1, -0.05) is 20.8 Å². The van der Waals surface area contributed by atoms with E-state index in [2.05, 4.69) is 20.6 Å². The number of rotatable bonds is 6. The molecule has 0 radical (unpaired) electrons. The van der Waals surface area contributed by atoms with Crippen LogP contribution in [0.2, 0.25) is 0 Å². The van der Waals surface area contributed by atoms with Gasteiger partial charge in [-0.3, -0.25) is 24.7 Å². The van der Waals surface area contributed by atoms with Crippen molar-refractivity contribution < 1.29 is 19.1 Å². The van der Waals surface area contributed by atoms with Gasteiger partial charge >= 0.3 is 5.97 Å². The summed E-state index contributed by atoms with van der Waals surface area (Å²) >= 11 is 1.44. The molecule has 2 aliphatic rings. The van der Waals surface area contributed by atoms with Crippen LogP contribution in [0.3, 0.4) is 0 Å². The molecule has 0 aliphatic carbocycles. The molecule has 4 rings (SSSR count). The van der Waals surface area contributed by atoms with E-state index in [1.54, 1.807) is 25.7 Å². The van der Waals surface area contributed by atoms with Crippen molar-refractivity contribution in [1.82, 2.24) is 14.9 Å². The van der Waals surface area contributed by atoms with Crippen LogP contribution in [0.4, 0.5) is 11.8 Å². The summed E-state index contributed by atoms with van der Waals surface area (Å²) in [5.74, 6) is 0.154. The number of likely N-dealkylation sites (tertiary alicyclic amines) is 1. The van der Waals surface area contributed by atoms with Gasteiger partial charge in [-0.05, 0) is 43.7 Å². The number of amides is 2. The second kappa shape index (κ2) is 9.80. The van der Waals surface area contributed by atoms with Crippen LogP contribution in [-0.4, -0.2) is 58.9 Å². The second-order valence-electron chi connectivity index (χ2n) is 10.0. The Morgan fingerprint density at radius 3 is 2.71 bits per heavy atom. The van der Waals surface area contributed by atoms with E-state index in [0.29, 0.717) is 42.2 Å². The van der Waals surface area contributed by atoms with Crippen LogP contribution in [0.25, 0.3) is 0 Å². The number of methoxy groups -OCH3 is 1. The fourth-order valence-electron chi connectivity index (χ4n) is 4.12. The first kappa shape index (κ1) is 24.9. The zero-order valence-corrected chi connectivity index (χ0v) is 21.2. The highest BCUT2D eigenvalue weighted by Gasteiger charge is 2.39. The molecular formula is C24H31N5O5S. The molecule has 2 aromatic heterocycles. The number of hydrogen-bond acceptors (Lipinski definition) is 8. The SMILES string of the molecule is COC(=O)C1CCN1C(=O)c1ccc(CCC2CNc3nc(NC(=O)C(C)(C)C)[nH]c(=O)c3C2)s1. The summed E-state index contributed by atoms with van der Waals surface area (Å²) in [6.07, 6.45) is 2.84. The van der Waals surface area contributed by atoms with Gasteiger partial charge in [0.05, 0.1) is 17.6 Å². The first-order valence-corrected chi connectivity index (χ1v) is 12.5. The molecule has 11 heteroatoms. The number of nitrogens with one attached hydrogen (secondary N) is 3. The van der Waals surface area contributed by atoms with Crippen LogP contribution in [-0.2, 0) is 27.2 Å². The largest absolute Gasteiger partial charge is 0.467 e. The Morgan fingerprint density at radius 1 is 1.29 bits per heavy atom. The highest BCUT2D eigenvalue weighted by Crippen LogP contribution is 2.28. The van der Waals surface area contributed by atoms with E-state index in [9.17, 15) is 19.2 Å². The fourth-order valence-corrected chi connectivity index (χ4v) is 5.10. The minimum atomic E-state index is -0.600. The minimum Gasteiger partial charge on any atom is -0.467 e. The van der Waals surface area contributed by atoms with Crippen molar-refractivity contribution >= 4 is 40.9 Å². The third-order valence-electron chi connectivity index (χ3n) is 6.40. The molecule has 2 aromatic rings. The third kappa shape index (κ3) is 5.39. The van der Waals surface area contributed by atoms with Gasteiger partial charge in [0, 0.05) is 23.4 Å². The number of nitrogens with zero attached hydrogens (tertiary/aromatic N) is 2. The Bertz CT molecular complexity index is 1200. The number of hydrogen-bond donors (Lipinski definition) is 3. The lowest BCUT2D eigenvalue weighted by Crippen LogP contribution is -2.55. The molecule has 188 valence electrons. The molecule has 4 heterocycles. The third-order valence-corrected chi connectivity index (χ3v) is 7.54. The number of anilines is 2. The molecule has 3 N–H and O–H groups in total. The number of aryl methyl sites for hydroxylation is 1. The second-order valence-corrected chi connectivity index (χ2v) is 11.2. The van der Waals surface area contributed by atoms with Gasteiger partial charge in [0.15, 0.2) is 0 Å².